The van der Waals surface area contributed by atoms with E-state index in [2.05, 4.69) is 42.9 Å². The van der Waals surface area contributed by atoms with E-state index in [0.717, 1.165) is 15.3 Å². The predicted octanol–water partition coefficient (Wildman–Crippen LogP) is 3.89. The number of nitrogens with zero attached hydrogens (tertiary/aromatic N) is 1. The molecule has 66 valence electrons. The average molecular weight is 301 g/mol. The Hall–Kier alpha value is -0.410. The molecule has 0 N–H and O–H groups in total. The highest BCUT2D eigenvalue weighted by Gasteiger charge is 2.02. The molecule has 0 aliphatic rings. The Balaban J connectivity index is 2.84. The largest absolute Gasteiger partial charge is 0.255 e. The number of hydrogen-bond acceptors (Lipinski definition) is 1. The Morgan fingerprint density at radius 2 is 2.08 bits per heavy atom. The molecule has 0 fully saturated rings. The number of rotatable bonds is 1. The number of alkyl halides is 1. The van der Waals surface area contributed by atoms with Crippen LogP contribution in [-0.4, -0.2) is 4.98 Å². The van der Waals surface area contributed by atoms with Gasteiger partial charge in [-0.15, -0.1) is 0 Å². The number of pyridine rings is 1. The average Bonchev–Trinajstić information content (AvgIpc) is 2.18. The summed E-state index contributed by atoms with van der Waals surface area (Å²) in [5.41, 5.74) is 2.30. The lowest BCUT2D eigenvalue weighted by Crippen LogP contribution is -1.85. The molecule has 0 aliphatic heterocycles. The summed E-state index contributed by atoms with van der Waals surface area (Å²) in [6.45, 7) is 0. The third kappa shape index (κ3) is 1.63. The van der Waals surface area contributed by atoms with E-state index < -0.39 is 0 Å². The minimum atomic E-state index is 0.864. The summed E-state index contributed by atoms with van der Waals surface area (Å²) in [5, 5.41) is 2.07. The number of para-hydroxylation sites is 1. The fourth-order valence-corrected chi connectivity index (χ4v) is 2.27. The van der Waals surface area contributed by atoms with Crippen LogP contribution in [0.4, 0.5) is 0 Å². The summed E-state index contributed by atoms with van der Waals surface area (Å²) in [7, 11) is 0. The molecule has 0 saturated heterocycles. The van der Waals surface area contributed by atoms with Crippen molar-refractivity contribution in [2.24, 2.45) is 0 Å². The highest BCUT2D eigenvalue weighted by atomic mass is 79.9. The standard InChI is InChI=1S/C10H7Br2N/c11-6-7-4-5-13-10-8(7)2-1-3-9(10)12/h1-5H,6H2. The van der Waals surface area contributed by atoms with Gasteiger partial charge < -0.3 is 0 Å². The molecule has 0 amide bonds. The molecule has 1 aromatic heterocycles. The zero-order valence-electron chi connectivity index (χ0n) is 6.80. The van der Waals surface area contributed by atoms with Gasteiger partial charge in [0.05, 0.1) is 5.52 Å². The van der Waals surface area contributed by atoms with Crippen molar-refractivity contribution in [1.82, 2.24) is 4.98 Å². The van der Waals surface area contributed by atoms with Gasteiger partial charge in [-0.25, -0.2) is 0 Å². The van der Waals surface area contributed by atoms with E-state index in [0.29, 0.717) is 0 Å². The zero-order valence-corrected chi connectivity index (χ0v) is 9.97. The van der Waals surface area contributed by atoms with Crippen LogP contribution in [0.15, 0.2) is 34.9 Å². The molecule has 1 heterocycles. The lowest BCUT2D eigenvalue weighted by Gasteiger charge is -2.03. The topological polar surface area (TPSA) is 12.9 Å². The molecule has 3 heteroatoms. The Bertz CT molecular complexity index is 440. The fourth-order valence-electron chi connectivity index (χ4n) is 1.31. The van der Waals surface area contributed by atoms with Crippen molar-refractivity contribution in [3.8, 4) is 0 Å². The second-order valence-corrected chi connectivity index (χ2v) is 4.15. The number of halogens is 2. The van der Waals surface area contributed by atoms with Crippen molar-refractivity contribution in [1.29, 1.82) is 0 Å². The van der Waals surface area contributed by atoms with E-state index in [4.69, 9.17) is 0 Å². The quantitative estimate of drug-likeness (QED) is 0.728. The van der Waals surface area contributed by atoms with Crippen LogP contribution < -0.4 is 0 Å². The summed E-state index contributed by atoms with van der Waals surface area (Å²) >= 11 is 6.94. The summed E-state index contributed by atoms with van der Waals surface area (Å²) in [6.07, 6.45) is 1.84. The summed E-state index contributed by atoms with van der Waals surface area (Å²) < 4.78 is 1.05. The van der Waals surface area contributed by atoms with Crippen LogP contribution in [0.25, 0.3) is 10.9 Å². The number of benzene rings is 1. The minimum absolute atomic E-state index is 0.864. The second kappa shape index (κ2) is 3.76. The molecule has 0 radical (unpaired) electrons. The van der Waals surface area contributed by atoms with Gasteiger partial charge in [-0.05, 0) is 33.6 Å². The van der Waals surface area contributed by atoms with Crippen LogP contribution in [-0.2, 0) is 5.33 Å². The van der Waals surface area contributed by atoms with Crippen LogP contribution >= 0.6 is 31.9 Å². The summed E-state index contributed by atoms with van der Waals surface area (Å²) in [4.78, 5) is 4.32. The molecular weight excluding hydrogens is 294 g/mol. The lowest BCUT2D eigenvalue weighted by atomic mass is 10.1. The van der Waals surface area contributed by atoms with Crippen molar-refractivity contribution in [3.05, 3.63) is 40.5 Å². The molecular formula is C10H7Br2N. The van der Waals surface area contributed by atoms with Gasteiger partial charge in [-0.2, -0.15) is 0 Å². The predicted molar refractivity (Wildman–Crippen MR) is 62.1 cm³/mol. The Kier molecular flexibility index (Phi) is 2.65. The Morgan fingerprint density at radius 1 is 1.23 bits per heavy atom. The molecule has 2 aromatic rings. The van der Waals surface area contributed by atoms with E-state index in [1.54, 1.807) is 0 Å². The monoisotopic (exact) mass is 299 g/mol. The van der Waals surface area contributed by atoms with Crippen molar-refractivity contribution in [2.45, 2.75) is 5.33 Å². The van der Waals surface area contributed by atoms with Gasteiger partial charge in [-0.1, -0.05) is 28.1 Å². The normalized spacial score (nSPS) is 10.6. The molecule has 0 aliphatic carbocycles. The summed E-state index contributed by atoms with van der Waals surface area (Å²) in [5.74, 6) is 0. The first kappa shape index (κ1) is 9.16. The molecule has 1 nitrogen and oxygen atoms in total. The number of hydrogen-bond donors (Lipinski definition) is 0. The van der Waals surface area contributed by atoms with Gasteiger partial charge in [0.15, 0.2) is 0 Å². The van der Waals surface area contributed by atoms with Gasteiger partial charge in [-0.3, -0.25) is 4.98 Å². The van der Waals surface area contributed by atoms with Gasteiger partial charge in [0.2, 0.25) is 0 Å². The number of aromatic nitrogens is 1. The van der Waals surface area contributed by atoms with E-state index in [-0.39, 0.29) is 0 Å². The SMILES string of the molecule is BrCc1ccnc2c(Br)cccc12. The third-order valence-corrected chi connectivity index (χ3v) is 3.20. The molecule has 0 atom stereocenters. The van der Waals surface area contributed by atoms with Crippen LogP contribution in [0.1, 0.15) is 5.56 Å². The van der Waals surface area contributed by atoms with Crippen LogP contribution in [0.2, 0.25) is 0 Å². The first-order chi connectivity index (χ1) is 6.33. The third-order valence-electron chi connectivity index (χ3n) is 1.96. The van der Waals surface area contributed by atoms with Crippen LogP contribution in [0.5, 0.6) is 0 Å². The Labute approximate surface area is 93.4 Å². The van der Waals surface area contributed by atoms with Gasteiger partial charge in [0.25, 0.3) is 0 Å². The maximum atomic E-state index is 4.32. The van der Waals surface area contributed by atoms with Gasteiger partial charge in [0.1, 0.15) is 0 Å². The van der Waals surface area contributed by atoms with Crippen LogP contribution in [0, 0.1) is 0 Å². The molecule has 0 unspecified atom stereocenters. The second-order valence-electron chi connectivity index (χ2n) is 2.74. The van der Waals surface area contributed by atoms with Crippen molar-refractivity contribution < 1.29 is 0 Å². The van der Waals surface area contributed by atoms with E-state index in [9.17, 15) is 0 Å². The first-order valence-electron chi connectivity index (χ1n) is 3.91. The van der Waals surface area contributed by atoms with Gasteiger partial charge in [0, 0.05) is 21.4 Å². The molecule has 0 spiro atoms. The molecule has 13 heavy (non-hydrogen) atoms. The maximum absolute atomic E-state index is 4.32. The van der Waals surface area contributed by atoms with Crippen LogP contribution in [0.3, 0.4) is 0 Å². The van der Waals surface area contributed by atoms with E-state index in [1.165, 1.54) is 10.9 Å². The van der Waals surface area contributed by atoms with E-state index >= 15 is 0 Å². The molecule has 0 saturated carbocycles. The highest BCUT2D eigenvalue weighted by Crippen LogP contribution is 2.25. The molecule has 0 bridgehead atoms. The van der Waals surface area contributed by atoms with Crippen molar-refractivity contribution in [2.75, 3.05) is 0 Å². The highest BCUT2D eigenvalue weighted by molar-refractivity contribution is 9.10. The lowest BCUT2D eigenvalue weighted by molar-refractivity contribution is 1.35. The Morgan fingerprint density at radius 3 is 2.85 bits per heavy atom. The first-order valence-corrected chi connectivity index (χ1v) is 5.82. The number of fused-ring (bicyclic) bond motifs is 1. The van der Waals surface area contributed by atoms with E-state index in [1.807, 2.05) is 24.4 Å². The van der Waals surface area contributed by atoms with Gasteiger partial charge >= 0.3 is 0 Å². The van der Waals surface area contributed by atoms with Crippen molar-refractivity contribution in [3.63, 3.8) is 0 Å². The molecule has 1 aromatic carbocycles. The fraction of sp³-hybridized carbons (Fsp3) is 0.100. The smallest absolute Gasteiger partial charge is 0.0846 e. The molecule has 2 rings (SSSR count). The maximum Gasteiger partial charge on any atom is 0.0846 e. The minimum Gasteiger partial charge on any atom is -0.255 e. The summed E-state index contributed by atoms with van der Waals surface area (Å²) in [6, 6.07) is 8.15. The van der Waals surface area contributed by atoms with Crippen molar-refractivity contribution >= 4 is 42.8 Å². The zero-order chi connectivity index (χ0) is 9.26.